The fourth-order valence-electron chi connectivity index (χ4n) is 7.71. The molecule has 4 aliphatic rings. The zero-order chi connectivity index (χ0) is 30.9. The van der Waals surface area contributed by atoms with Crippen LogP contribution in [-0.4, -0.2) is 60.3 Å². The molecule has 2 aliphatic carbocycles. The summed E-state index contributed by atoms with van der Waals surface area (Å²) >= 11 is 0. The number of amides is 1. The number of nitrogens with zero attached hydrogens (tertiary/aromatic N) is 2. The predicted molar refractivity (Wildman–Crippen MR) is 175 cm³/mol. The molecule has 0 saturated heterocycles. The Morgan fingerprint density at radius 3 is 2.82 bits per heavy atom. The van der Waals surface area contributed by atoms with Gasteiger partial charge >= 0.3 is 0 Å². The Morgan fingerprint density at radius 2 is 2.05 bits per heavy atom. The molecular weight excluding hydrogens is 572 g/mol. The maximum absolute atomic E-state index is 13.9. The lowest BCUT2D eigenvalue weighted by atomic mass is 9.68. The first-order valence-electron chi connectivity index (χ1n) is 16.3. The molecular formula is C36H46N2O5S. The van der Waals surface area contributed by atoms with E-state index >= 15 is 0 Å². The van der Waals surface area contributed by atoms with Crippen molar-refractivity contribution >= 4 is 27.1 Å². The van der Waals surface area contributed by atoms with Gasteiger partial charge in [0.05, 0.1) is 33.9 Å². The molecule has 0 unspecified atom stereocenters. The summed E-state index contributed by atoms with van der Waals surface area (Å²) in [7, 11) is -1.25. The second-order valence-corrected chi connectivity index (χ2v) is 15.8. The van der Waals surface area contributed by atoms with Gasteiger partial charge < -0.3 is 14.4 Å². The van der Waals surface area contributed by atoms with Crippen molar-refractivity contribution in [1.29, 1.82) is 0 Å². The average molecular weight is 619 g/mol. The van der Waals surface area contributed by atoms with Crippen LogP contribution in [0.5, 0.6) is 5.75 Å². The van der Waals surface area contributed by atoms with E-state index in [4.69, 9.17) is 9.47 Å². The number of ketones is 1. The maximum Gasteiger partial charge on any atom is 0.285 e. The molecule has 2 aromatic carbocycles. The number of carbonyl (C=O) groups is 2. The van der Waals surface area contributed by atoms with Gasteiger partial charge in [-0.1, -0.05) is 42.8 Å². The standard InChI is InChI=1S/C36H46N2O5S/c1-4-29(39)22-44(41)18-7-5-6-10-33(42-3)30-14-12-28(30)21-38-23-36(17-8-9-26-19-25(2)11-15-31(26)36)24-43-34-16-13-27(20-32(34)38)35(40)37-44/h6,10-11,13,15-16,19-20,28,30,33H,4-5,7-9,12,14,17-18,21-24H2,1-3H3/b10-6+/t28-,30+,33-,36-,44-/m0/s1. The monoisotopic (exact) mass is 618 g/mol. The van der Waals surface area contributed by atoms with Gasteiger partial charge in [0.2, 0.25) is 0 Å². The molecule has 0 radical (unpaired) electrons. The van der Waals surface area contributed by atoms with E-state index in [-0.39, 0.29) is 35.2 Å². The van der Waals surface area contributed by atoms with Crippen molar-refractivity contribution < 1.29 is 23.3 Å². The summed E-state index contributed by atoms with van der Waals surface area (Å²) < 4.78 is 30.8. The molecule has 2 aromatic rings. The predicted octanol–water partition coefficient (Wildman–Crippen LogP) is 6.45. The van der Waals surface area contributed by atoms with Gasteiger partial charge in [-0.2, -0.15) is 4.36 Å². The van der Waals surface area contributed by atoms with E-state index in [1.54, 1.807) is 20.1 Å². The van der Waals surface area contributed by atoms with Crippen molar-refractivity contribution in [3.05, 3.63) is 70.8 Å². The van der Waals surface area contributed by atoms with E-state index in [0.29, 0.717) is 36.8 Å². The minimum Gasteiger partial charge on any atom is -0.490 e. The minimum absolute atomic E-state index is 0.0142. The summed E-state index contributed by atoms with van der Waals surface area (Å²) in [6, 6.07) is 12.4. The Hall–Kier alpha value is -2.97. The number of hydrogen-bond acceptors (Lipinski definition) is 6. The Kier molecular flexibility index (Phi) is 9.02. The van der Waals surface area contributed by atoms with Gasteiger partial charge in [-0.15, -0.1) is 0 Å². The van der Waals surface area contributed by atoms with Gasteiger partial charge in [-0.3, -0.25) is 9.59 Å². The number of rotatable bonds is 4. The molecule has 1 amide bonds. The van der Waals surface area contributed by atoms with Gasteiger partial charge in [-0.05, 0) is 93.0 Å². The maximum atomic E-state index is 13.9. The van der Waals surface area contributed by atoms with Crippen LogP contribution in [0.15, 0.2) is 52.9 Å². The van der Waals surface area contributed by atoms with Crippen molar-refractivity contribution in [3.63, 3.8) is 0 Å². The SMILES string of the molecule is CCC(=O)C[S@]1(=O)=NC(=O)c2ccc3c(c2)N(C[C@@H]2CC[C@H]2[C@@H](OC)/C=C/CCC1)C[C@@]1(CCCc2cc(C)ccc21)CO3. The fourth-order valence-corrected chi connectivity index (χ4v) is 9.74. The van der Waals surface area contributed by atoms with Crippen molar-refractivity contribution in [2.24, 2.45) is 16.2 Å². The molecule has 2 aliphatic heterocycles. The largest absolute Gasteiger partial charge is 0.490 e. The highest BCUT2D eigenvalue weighted by atomic mass is 32.2. The van der Waals surface area contributed by atoms with E-state index < -0.39 is 15.6 Å². The number of anilines is 1. The first kappa shape index (κ1) is 31.0. The van der Waals surface area contributed by atoms with Crippen molar-refractivity contribution in [2.75, 3.05) is 43.2 Å². The van der Waals surface area contributed by atoms with Crippen LogP contribution in [0.25, 0.3) is 0 Å². The third kappa shape index (κ3) is 6.25. The first-order chi connectivity index (χ1) is 21.2. The molecule has 236 valence electrons. The van der Waals surface area contributed by atoms with E-state index in [0.717, 1.165) is 56.6 Å². The Labute approximate surface area is 262 Å². The first-order valence-corrected chi connectivity index (χ1v) is 18.2. The highest BCUT2D eigenvalue weighted by Crippen LogP contribution is 2.46. The number of carbonyl (C=O) groups excluding carboxylic acids is 2. The molecule has 8 heteroatoms. The number of aryl methyl sites for hydroxylation is 2. The number of allylic oxidation sites excluding steroid dienone is 1. The van der Waals surface area contributed by atoms with Crippen LogP contribution in [0.2, 0.25) is 0 Å². The van der Waals surface area contributed by atoms with Gasteiger partial charge in [-0.25, -0.2) is 4.21 Å². The number of ether oxygens (including phenoxy) is 2. The zero-order valence-corrected chi connectivity index (χ0v) is 27.2. The van der Waals surface area contributed by atoms with Crippen LogP contribution in [-0.2, 0) is 31.1 Å². The normalized spacial score (nSPS) is 31.0. The molecule has 0 aromatic heterocycles. The van der Waals surface area contributed by atoms with Crippen LogP contribution in [0, 0.1) is 18.8 Å². The summed E-state index contributed by atoms with van der Waals surface area (Å²) in [5.74, 6) is 0.972. The van der Waals surface area contributed by atoms with Crippen LogP contribution >= 0.6 is 0 Å². The van der Waals surface area contributed by atoms with E-state index in [1.165, 1.54) is 16.7 Å². The van der Waals surface area contributed by atoms with E-state index in [2.05, 4.69) is 46.5 Å². The number of hydrogen-bond donors (Lipinski definition) is 0. The van der Waals surface area contributed by atoms with Crippen molar-refractivity contribution in [1.82, 2.24) is 0 Å². The molecule has 2 heterocycles. The summed E-state index contributed by atoms with van der Waals surface area (Å²) in [4.78, 5) is 28.5. The molecule has 2 bridgehead atoms. The Morgan fingerprint density at radius 1 is 1.18 bits per heavy atom. The van der Waals surface area contributed by atoms with Crippen LogP contribution in [0.3, 0.4) is 0 Å². The fraction of sp³-hybridized carbons (Fsp3) is 0.556. The lowest BCUT2D eigenvalue weighted by Gasteiger charge is -2.46. The molecule has 0 N–H and O–H groups in total. The number of methoxy groups -OCH3 is 1. The quantitative estimate of drug-likeness (QED) is 0.367. The number of Topliss-reactive ketones (excluding diaryl/α,β-unsaturated/α-hetero) is 1. The summed E-state index contributed by atoms with van der Waals surface area (Å²) in [6.07, 6.45) is 11.3. The van der Waals surface area contributed by atoms with Gasteiger partial charge in [0, 0.05) is 43.4 Å². The lowest BCUT2D eigenvalue weighted by molar-refractivity contribution is -0.116. The molecule has 1 fully saturated rings. The molecule has 44 heavy (non-hydrogen) atoms. The molecule has 6 rings (SSSR count). The highest BCUT2D eigenvalue weighted by molar-refractivity contribution is 7.94. The lowest BCUT2D eigenvalue weighted by Crippen LogP contribution is -2.49. The second-order valence-electron chi connectivity index (χ2n) is 13.3. The number of benzene rings is 2. The number of fused-ring (bicyclic) bond motifs is 4. The summed E-state index contributed by atoms with van der Waals surface area (Å²) in [5, 5.41) is 0. The van der Waals surface area contributed by atoms with Crippen LogP contribution in [0.4, 0.5) is 5.69 Å². The van der Waals surface area contributed by atoms with E-state index in [1.807, 2.05) is 12.1 Å². The summed E-state index contributed by atoms with van der Waals surface area (Å²) in [6.45, 7) is 6.12. The van der Waals surface area contributed by atoms with Gasteiger partial charge in [0.15, 0.2) is 0 Å². The highest BCUT2D eigenvalue weighted by Gasteiger charge is 2.44. The summed E-state index contributed by atoms with van der Waals surface area (Å²) in [5.41, 5.74) is 5.19. The average Bonchev–Trinajstić information content (AvgIpc) is 3.14. The van der Waals surface area contributed by atoms with Gasteiger partial charge in [0.1, 0.15) is 11.5 Å². The van der Waals surface area contributed by atoms with Crippen molar-refractivity contribution in [2.45, 2.75) is 76.7 Å². The topological polar surface area (TPSA) is 85.3 Å². The molecule has 7 nitrogen and oxygen atoms in total. The van der Waals surface area contributed by atoms with Crippen LogP contribution < -0.4 is 9.64 Å². The molecule has 5 atom stereocenters. The van der Waals surface area contributed by atoms with Crippen molar-refractivity contribution in [3.8, 4) is 5.75 Å². The third-order valence-electron chi connectivity index (χ3n) is 10.3. The second kappa shape index (κ2) is 12.8. The third-order valence-corrected chi connectivity index (χ3v) is 12.5. The molecule has 1 saturated carbocycles. The Bertz CT molecular complexity index is 1570. The zero-order valence-electron chi connectivity index (χ0n) is 26.4. The minimum atomic E-state index is -3.04. The Balaban J connectivity index is 1.44. The van der Waals surface area contributed by atoms with E-state index in [9.17, 15) is 13.8 Å². The smallest absolute Gasteiger partial charge is 0.285 e. The molecule has 1 spiro atoms. The van der Waals surface area contributed by atoms with Gasteiger partial charge in [0.25, 0.3) is 5.91 Å². The van der Waals surface area contributed by atoms with Crippen LogP contribution in [0.1, 0.15) is 78.9 Å².